The summed E-state index contributed by atoms with van der Waals surface area (Å²) in [4.78, 5) is 12.6. The topological polar surface area (TPSA) is 82.9 Å². The molecule has 8 nitrogen and oxygen atoms in total. The lowest BCUT2D eigenvalue weighted by Gasteiger charge is -2.19. The predicted octanol–water partition coefficient (Wildman–Crippen LogP) is 4.68. The molecule has 0 unspecified atom stereocenters. The fourth-order valence-electron chi connectivity index (χ4n) is 3.90. The van der Waals surface area contributed by atoms with Crippen LogP contribution in [0.25, 0.3) is 27.4 Å². The van der Waals surface area contributed by atoms with Crippen LogP contribution in [-0.4, -0.2) is 33.9 Å². The van der Waals surface area contributed by atoms with Gasteiger partial charge in [0.05, 0.1) is 11.3 Å². The van der Waals surface area contributed by atoms with E-state index in [1.807, 2.05) is 21.9 Å². The number of thioether (sulfide) groups is 1. The van der Waals surface area contributed by atoms with Crippen LogP contribution < -0.4 is 5.56 Å². The molecule has 0 fully saturated rings. The van der Waals surface area contributed by atoms with Crippen molar-refractivity contribution in [2.75, 3.05) is 0 Å². The summed E-state index contributed by atoms with van der Waals surface area (Å²) in [5.74, 6) is 2.61. The molecule has 0 saturated carbocycles. The zero-order chi connectivity index (χ0) is 24.0. The molecule has 0 amide bonds. The van der Waals surface area contributed by atoms with Crippen molar-refractivity contribution >= 4 is 39.1 Å². The molecular formula is C24H25N7OS2. The third kappa shape index (κ3) is 3.76. The molecule has 34 heavy (non-hydrogen) atoms. The summed E-state index contributed by atoms with van der Waals surface area (Å²) in [6.07, 6.45) is 1.84. The van der Waals surface area contributed by atoms with E-state index < -0.39 is 0 Å². The zero-order valence-corrected chi connectivity index (χ0v) is 21.2. The molecule has 0 atom stereocenters. The highest BCUT2D eigenvalue weighted by molar-refractivity contribution is 7.98. The second-order valence-corrected chi connectivity index (χ2v) is 10.9. The van der Waals surface area contributed by atoms with Crippen molar-refractivity contribution in [3.63, 3.8) is 0 Å². The molecule has 0 aliphatic heterocycles. The van der Waals surface area contributed by atoms with Gasteiger partial charge in [0, 0.05) is 19.2 Å². The van der Waals surface area contributed by atoms with Gasteiger partial charge in [0.2, 0.25) is 5.78 Å². The highest BCUT2D eigenvalue weighted by atomic mass is 32.2. The van der Waals surface area contributed by atoms with Crippen LogP contribution in [0, 0.1) is 0 Å². The van der Waals surface area contributed by atoms with Gasteiger partial charge in [0.1, 0.15) is 10.5 Å². The van der Waals surface area contributed by atoms with Crippen molar-refractivity contribution in [2.24, 2.45) is 7.05 Å². The van der Waals surface area contributed by atoms with Gasteiger partial charge in [-0.05, 0) is 22.4 Å². The normalized spacial score (nSPS) is 12.1. The molecule has 5 aromatic rings. The van der Waals surface area contributed by atoms with Gasteiger partial charge in [-0.3, -0.25) is 18.3 Å². The summed E-state index contributed by atoms with van der Waals surface area (Å²) < 4.78 is 6.24. The first-order chi connectivity index (χ1) is 16.3. The Hall–Kier alpha value is -3.24. The van der Waals surface area contributed by atoms with E-state index in [2.05, 4.69) is 76.6 Å². The third-order valence-electron chi connectivity index (χ3n) is 5.77. The molecule has 10 heteroatoms. The summed E-state index contributed by atoms with van der Waals surface area (Å²) in [5, 5.41) is 20.3. The van der Waals surface area contributed by atoms with Crippen LogP contribution in [0.15, 0.2) is 58.3 Å². The minimum atomic E-state index is -0.0584. The largest absolute Gasteiger partial charge is 0.298 e. The maximum atomic E-state index is 12.6. The second-order valence-electron chi connectivity index (χ2n) is 9.07. The maximum Gasteiger partial charge on any atom is 0.272 e. The van der Waals surface area contributed by atoms with Crippen LogP contribution in [0.3, 0.4) is 0 Å². The molecule has 0 N–H and O–H groups in total. The van der Waals surface area contributed by atoms with Crippen LogP contribution >= 0.6 is 23.1 Å². The molecule has 0 bridgehead atoms. The number of rotatable bonds is 6. The van der Waals surface area contributed by atoms with E-state index in [1.54, 1.807) is 11.6 Å². The van der Waals surface area contributed by atoms with Gasteiger partial charge < -0.3 is 0 Å². The average molecular weight is 492 g/mol. The van der Waals surface area contributed by atoms with Crippen molar-refractivity contribution in [1.82, 2.24) is 33.9 Å². The summed E-state index contributed by atoms with van der Waals surface area (Å²) >= 11 is 2.97. The molecule has 1 aromatic carbocycles. The van der Waals surface area contributed by atoms with Crippen molar-refractivity contribution in [2.45, 2.75) is 43.6 Å². The molecular weight excluding hydrogens is 466 g/mol. The molecule has 0 aliphatic rings. The first-order valence-corrected chi connectivity index (χ1v) is 12.7. The summed E-state index contributed by atoms with van der Waals surface area (Å²) in [6, 6.07) is 10.4. The van der Waals surface area contributed by atoms with Crippen LogP contribution in [0.4, 0.5) is 0 Å². The Balaban J connectivity index is 1.48. The lowest BCUT2D eigenvalue weighted by atomic mass is 9.87. The van der Waals surface area contributed by atoms with E-state index in [0.29, 0.717) is 22.8 Å². The van der Waals surface area contributed by atoms with Gasteiger partial charge in [-0.25, -0.2) is 0 Å². The minimum Gasteiger partial charge on any atom is -0.298 e. The Kier molecular flexibility index (Phi) is 5.65. The lowest BCUT2D eigenvalue weighted by molar-refractivity contribution is 0.590. The number of aryl methyl sites for hydroxylation is 1. The van der Waals surface area contributed by atoms with Crippen molar-refractivity contribution in [1.29, 1.82) is 0 Å². The molecule has 174 valence electrons. The quantitative estimate of drug-likeness (QED) is 0.253. The van der Waals surface area contributed by atoms with Crippen LogP contribution in [-0.2, 0) is 24.8 Å². The Labute approximate surface area is 205 Å². The molecule has 0 radical (unpaired) electrons. The Morgan fingerprint density at radius 3 is 2.56 bits per heavy atom. The number of hydrogen-bond donors (Lipinski definition) is 0. The van der Waals surface area contributed by atoms with E-state index in [9.17, 15) is 4.79 Å². The molecule has 4 heterocycles. The summed E-state index contributed by atoms with van der Waals surface area (Å²) in [6.45, 7) is 11.1. The summed E-state index contributed by atoms with van der Waals surface area (Å²) in [7, 11) is 1.72. The highest BCUT2D eigenvalue weighted by Crippen LogP contribution is 2.29. The van der Waals surface area contributed by atoms with E-state index in [1.165, 1.54) is 28.7 Å². The zero-order valence-electron chi connectivity index (χ0n) is 19.5. The van der Waals surface area contributed by atoms with Crippen LogP contribution in [0.1, 0.15) is 32.2 Å². The SMILES string of the molecule is C=CCn1c(SCc2nnc3n(C)c(=O)c4sccc4n23)nnc1-c1ccc(C(C)(C)C)cc1. The fourth-order valence-corrected chi connectivity index (χ4v) is 5.61. The van der Waals surface area contributed by atoms with Crippen molar-refractivity contribution in [3.8, 4) is 11.4 Å². The van der Waals surface area contributed by atoms with Crippen molar-refractivity contribution < 1.29 is 0 Å². The number of thiophene rings is 1. The smallest absolute Gasteiger partial charge is 0.272 e. The van der Waals surface area contributed by atoms with Crippen molar-refractivity contribution in [3.05, 3.63) is 70.1 Å². The highest BCUT2D eigenvalue weighted by Gasteiger charge is 2.19. The van der Waals surface area contributed by atoms with Crippen LogP contribution in [0.5, 0.6) is 0 Å². The number of aromatic nitrogens is 7. The lowest BCUT2D eigenvalue weighted by Crippen LogP contribution is -2.19. The number of allylic oxidation sites excluding steroid dienone is 1. The van der Waals surface area contributed by atoms with Gasteiger partial charge in [-0.1, -0.05) is 62.9 Å². The summed E-state index contributed by atoms with van der Waals surface area (Å²) in [5.41, 5.74) is 3.14. The first-order valence-electron chi connectivity index (χ1n) is 10.9. The predicted molar refractivity (Wildman–Crippen MR) is 138 cm³/mol. The van der Waals surface area contributed by atoms with Gasteiger partial charge >= 0.3 is 0 Å². The van der Waals surface area contributed by atoms with Gasteiger partial charge in [0.25, 0.3) is 5.56 Å². The monoisotopic (exact) mass is 491 g/mol. The van der Waals surface area contributed by atoms with Gasteiger partial charge in [-0.15, -0.1) is 38.3 Å². The van der Waals surface area contributed by atoms with E-state index in [-0.39, 0.29) is 11.0 Å². The van der Waals surface area contributed by atoms with Gasteiger partial charge in [-0.2, -0.15) is 0 Å². The molecule has 5 rings (SSSR count). The number of benzene rings is 1. The molecule has 4 aromatic heterocycles. The number of nitrogens with zero attached hydrogens (tertiary/aromatic N) is 7. The first kappa shape index (κ1) is 22.5. The average Bonchev–Trinajstić information content (AvgIpc) is 3.54. The standard InChI is InChI=1S/C24H25N7OS2/c1-6-12-30-20(15-7-9-16(10-8-15)24(2,3)4)26-28-23(30)34-14-18-25-27-22-29(5)21(32)19-17(31(18)22)11-13-33-19/h6-11,13H,1,12,14H2,2-5H3. The number of fused-ring (bicyclic) bond motifs is 3. The Morgan fingerprint density at radius 2 is 1.85 bits per heavy atom. The number of hydrogen-bond acceptors (Lipinski definition) is 7. The molecule has 0 spiro atoms. The molecule has 0 aliphatic carbocycles. The van der Waals surface area contributed by atoms with E-state index in [0.717, 1.165) is 27.9 Å². The van der Waals surface area contributed by atoms with Gasteiger partial charge in [0.15, 0.2) is 11.0 Å². The third-order valence-corrected chi connectivity index (χ3v) is 7.62. The van der Waals surface area contributed by atoms with Crippen LogP contribution in [0.2, 0.25) is 0 Å². The fraction of sp³-hybridized carbons (Fsp3) is 0.292. The van der Waals surface area contributed by atoms with E-state index >= 15 is 0 Å². The maximum absolute atomic E-state index is 12.6. The Bertz CT molecular complexity index is 1570. The molecule has 0 saturated heterocycles. The minimum absolute atomic E-state index is 0.0584. The van der Waals surface area contributed by atoms with E-state index in [4.69, 9.17) is 0 Å². The second kappa shape index (κ2) is 8.52. The Morgan fingerprint density at radius 1 is 1.09 bits per heavy atom.